The van der Waals surface area contributed by atoms with Crippen LogP contribution in [0.15, 0.2) is 12.4 Å². The molecule has 0 unspecified atom stereocenters. The van der Waals surface area contributed by atoms with Crippen LogP contribution < -0.4 is 10.6 Å². The predicted molar refractivity (Wildman–Crippen MR) is 77.6 cm³/mol. The van der Waals surface area contributed by atoms with Crippen LogP contribution in [0, 0.1) is 0 Å². The molecule has 104 valence electrons. The SMILES string of the molecule is CSCCN1CCN(c2cncc(C(N)=O)n2)CC1. The number of anilines is 1. The van der Waals surface area contributed by atoms with Gasteiger partial charge in [-0.25, -0.2) is 4.98 Å². The number of hydrogen-bond acceptors (Lipinski definition) is 6. The van der Waals surface area contributed by atoms with Gasteiger partial charge in [0.2, 0.25) is 0 Å². The van der Waals surface area contributed by atoms with Crippen molar-refractivity contribution in [2.24, 2.45) is 5.73 Å². The Hall–Kier alpha value is -1.34. The van der Waals surface area contributed by atoms with Crippen LogP contribution in [0.3, 0.4) is 0 Å². The fourth-order valence-corrected chi connectivity index (χ4v) is 2.49. The smallest absolute Gasteiger partial charge is 0.268 e. The van der Waals surface area contributed by atoms with Crippen LogP contribution in [0.25, 0.3) is 0 Å². The second kappa shape index (κ2) is 6.72. The van der Waals surface area contributed by atoms with Gasteiger partial charge in [-0.15, -0.1) is 0 Å². The summed E-state index contributed by atoms with van der Waals surface area (Å²) >= 11 is 1.87. The highest BCUT2D eigenvalue weighted by Gasteiger charge is 2.18. The van der Waals surface area contributed by atoms with Crippen LogP contribution in [0.5, 0.6) is 0 Å². The second-order valence-electron chi connectivity index (χ2n) is 4.45. The average Bonchev–Trinajstić information content (AvgIpc) is 2.46. The summed E-state index contributed by atoms with van der Waals surface area (Å²) in [5.41, 5.74) is 5.44. The Kier molecular flexibility index (Phi) is 4.98. The van der Waals surface area contributed by atoms with Crippen molar-refractivity contribution in [2.75, 3.05) is 49.6 Å². The first-order chi connectivity index (χ1) is 9.20. The minimum atomic E-state index is -0.534. The van der Waals surface area contributed by atoms with Crippen LogP contribution in [0.2, 0.25) is 0 Å². The van der Waals surface area contributed by atoms with Crippen molar-refractivity contribution in [3.63, 3.8) is 0 Å². The highest BCUT2D eigenvalue weighted by atomic mass is 32.2. The van der Waals surface area contributed by atoms with Crippen LogP contribution in [0.1, 0.15) is 10.5 Å². The molecule has 0 aliphatic carbocycles. The van der Waals surface area contributed by atoms with Gasteiger partial charge in [0, 0.05) is 38.5 Å². The summed E-state index contributed by atoms with van der Waals surface area (Å²) in [7, 11) is 0. The topological polar surface area (TPSA) is 75.3 Å². The van der Waals surface area contributed by atoms with Gasteiger partial charge in [0.15, 0.2) is 0 Å². The fraction of sp³-hybridized carbons (Fsp3) is 0.583. The first-order valence-corrected chi connectivity index (χ1v) is 7.68. The van der Waals surface area contributed by atoms with Crippen molar-refractivity contribution in [2.45, 2.75) is 0 Å². The van der Waals surface area contributed by atoms with E-state index in [1.165, 1.54) is 6.20 Å². The van der Waals surface area contributed by atoms with E-state index >= 15 is 0 Å². The average molecular weight is 281 g/mol. The fourth-order valence-electron chi connectivity index (χ4n) is 2.05. The maximum absolute atomic E-state index is 11.1. The molecule has 1 fully saturated rings. The molecule has 7 heteroatoms. The number of rotatable bonds is 5. The molecule has 1 aromatic heterocycles. The van der Waals surface area contributed by atoms with Crippen molar-refractivity contribution >= 4 is 23.5 Å². The zero-order chi connectivity index (χ0) is 13.7. The van der Waals surface area contributed by atoms with Crippen LogP contribution >= 0.6 is 11.8 Å². The quantitative estimate of drug-likeness (QED) is 0.822. The van der Waals surface area contributed by atoms with Crippen molar-refractivity contribution in [3.8, 4) is 0 Å². The molecule has 0 aromatic carbocycles. The molecule has 0 spiro atoms. The number of nitrogens with zero attached hydrogens (tertiary/aromatic N) is 4. The molecule has 2 rings (SSSR count). The third-order valence-corrected chi connectivity index (χ3v) is 3.77. The zero-order valence-electron chi connectivity index (χ0n) is 11.1. The number of primary amides is 1. The molecule has 6 nitrogen and oxygen atoms in total. The van der Waals surface area contributed by atoms with Crippen LogP contribution in [-0.4, -0.2) is 65.5 Å². The van der Waals surface area contributed by atoms with E-state index in [2.05, 4.69) is 26.0 Å². The second-order valence-corrected chi connectivity index (χ2v) is 5.43. The Balaban J connectivity index is 1.94. The summed E-state index contributed by atoms with van der Waals surface area (Å²) in [5, 5.41) is 0. The highest BCUT2D eigenvalue weighted by molar-refractivity contribution is 7.98. The lowest BCUT2D eigenvalue weighted by Crippen LogP contribution is -2.47. The number of hydrogen-bond donors (Lipinski definition) is 1. The molecule has 2 heterocycles. The Morgan fingerprint density at radius 3 is 2.74 bits per heavy atom. The van der Waals surface area contributed by atoms with Gasteiger partial charge in [0.25, 0.3) is 5.91 Å². The van der Waals surface area contributed by atoms with Gasteiger partial charge in [-0.1, -0.05) is 0 Å². The normalized spacial score (nSPS) is 16.6. The maximum Gasteiger partial charge on any atom is 0.268 e. The molecule has 1 aliphatic rings. The van der Waals surface area contributed by atoms with E-state index in [4.69, 9.17) is 5.73 Å². The number of amides is 1. The number of carbonyl (C=O) groups is 1. The van der Waals surface area contributed by atoms with E-state index in [0.29, 0.717) is 0 Å². The Morgan fingerprint density at radius 1 is 1.37 bits per heavy atom. The molecule has 1 aliphatic heterocycles. The number of carbonyl (C=O) groups excluding carboxylic acids is 1. The lowest BCUT2D eigenvalue weighted by molar-refractivity contribution is 0.0995. The molecule has 19 heavy (non-hydrogen) atoms. The molecule has 2 N–H and O–H groups in total. The number of thioether (sulfide) groups is 1. The third-order valence-electron chi connectivity index (χ3n) is 3.18. The lowest BCUT2D eigenvalue weighted by Gasteiger charge is -2.35. The molecule has 0 bridgehead atoms. The van der Waals surface area contributed by atoms with Crippen LogP contribution in [0.4, 0.5) is 5.82 Å². The van der Waals surface area contributed by atoms with Crippen molar-refractivity contribution < 1.29 is 4.79 Å². The summed E-state index contributed by atoms with van der Waals surface area (Å²) in [6, 6.07) is 0. The van der Waals surface area contributed by atoms with Crippen molar-refractivity contribution in [1.29, 1.82) is 0 Å². The molecular formula is C12H19N5OS. The summed E-state index contributed by atoms with van der Waals surface area (Å²) in [6.45, 7) is 4.98. The zero-order valence-corrected chi connectivity index (χ0v) is 11.9. The number of aromatic nitrogens is 2. The largest absolute Gasteiger partial charge is 0.364 e. The molecule has 0 atom stereocenters. The van der Waals surface area contributed by atoms with Gasteiger partial charge >= 0.3 is 0 Å². The Bertz CT molecular complexity index is 434. The van der Waals surface area contributed by atoms with Gasteiger partial charge in [-0.2, -0.15) is 11.8 Å². The number of nitrogens with two attached hydrogens (primary N) is 1. The molecule has 0 saturated carbocycles. The monoisotopic (exact) mass is 281 g/mol. The van der Waals surface area contributed by atoms with E-state index in [-0.39, 0.29) is 5.69 Å². The van der Waals surface area contributed by atoms with E-state index in [1.54, 1.807) is 6.20 Å². The van der Waals surface area contributed by atoms with Gasteiger partial charge in [0.05, 0.1) is 12.4 Å². The van der Waals surface area contributed by atoms with Gasteiger partial charge in [0.1, 0.15) is 11.5 Å². The lowest BCUT2D eigenvalue weighted by atomic mass is 10.3. The van der Waals surface area contributed by atoms with E-state index < -0.39 is 5.91 Å². The van der Waals surface area contributed by atoms with Crippen molar-refractivity contribution in [3.05, 3.63) is 18.1 Å². The molecule has 1 amide bonds. The van der Waals surface area contributed by atoms with Gasteiger partial charge < -0.3 is 10.6 Å². The molecule has 0 radical (unpaired) electrons. The van der Waals surface area contributed by atoms with Gasteiger partial charge in [-0.3, -0.25) is 14.7 Å². The summed E-state index contributed by atoms with van der Waals surface area (Å²) in [5.74, 6) is 1.37. The summed E-state index contributed by atoms with van der Waals surface area (Å²) in [4.78, 5) is 24.0. The Morgan fingerprint density at radius 2 is 2.11 bits per heavy atom. The van der Waals surface area contributed by atoms with E-state index in [9.17, 15) is 4.79 Å². The minimum absolute atomic E-state index is 0.224. The number of piperazine rings is 1. The van der Waals surface area contributed by atoms with Crippen molar-refractivity contribution in [1.82, 2.24) is 14.9 Å². The minimum Gasteiger partial charge on any atom is -0.364 e. The predicted octanol–water partition coefficient (Wildman–Crippen LogP) is 0.0605. The maximum atomic E-state index is 11.1. The van der Waals surface area contributed by atoms with E-state index in [0.717, 1.165) is 44.3 Å². The standard InChI is InChI=1S/C12H19N5OS/c1-19-7-6-16-2-4-17(5-3-16)11-9-14-8-10(15-11)12(13)18/h8-9H,2-7H2,1H3,(H2,13,18). The summed E-state index contributed by atoms with van der Waals surface area (Å²) < 4.78 is 0. The molecule has 1 aromatic rings. The van der Waals surface area contributed by atoms with Gasteiger partial charge in [-0.05, 0) is 6.26 Å². The highest BCUT2D eigenvalue weighted by Crippen LogP contribution is 2.13. The molecule has 1 saturated heterocycles. The van der Waals surface area contributed by atoms with Crippen LogP contribution in [-0.2, 0) is 0 Å². The summed E-state index contributed by atoms with van der Waals surface area (Å²) in [6.07, 6.45) is 5.21. The molecular weight excluding hydrogens is 262 g/mol. The first-order valence-electron chi connectivity index (χ1n) is 6.29. The Labute approximate surface area is 117 Å². The third kappa shape index (κ3) is 3.81. The van der Waals surface area contributed by atoms with E-state index in [1.807, 2.05) is 11.8 Å². The first kappa shape index (κ1) is 14.1.